The number of benzene rings is 1. The van der Waals surface area contributed by atoms with Crippen molar-refractivity contribution in [2.45, 2.75) is 25.7 Å². The first kappa shape index (κ1) is 12.0. The fourth-order valence-electron chi connectivity index (χ4n) is 1.85. The molecular formula is C14H20N2O. The van der Waals surface area contributed by atoms with E-state index in [0.717, 1.165) is 30.1 Å². The van der Waals surface area contributed by atoms with Crippen LogP contribution in [0.2, 0.25) is 0 Å². The summed E-state index contributed by atoms with van der Waals surface area (Å²) >= 11 is 0. The highest BCUT2D eigenvalue weighted by Gasteiger charge is 2.22. The van der Waals surface area contributed by atoms with Gasteiger partial charge in [0.25, 0.3) is 0 Å². The molecule has 0 unspecified atom stereocenters. The van der Waals surface area contributed by atoms with E-state index in [2.05, 4.69) is 0 Å². The van der Waals surface area contributed by atoms with Gasteiger partial charge in [0.15, 0.2) is 0 Å². The molecule has 2 N–H and O–H groups in total. The Morgan fingerprint density at radius 3 is 2.59 bits per heavy atom. The molecule has 1 saturated carbocycles. The normalized spacial score (nSPS) is 14.6. The number of carbonyl (C=O) groups is 1. The van der Waals surface area contributed by atoms with Crippen molar-refractivity contribution >= 4 is 11.6 Å². The molecule has 0 saturated heterocycles. The van der Waals surface area contributed by atoms with Gasteiger partial charge in [-0.3, -0.25) is 4.79 Å². The molecule has 1 aliphatic carbocycles. The molecule has 3 heteroatoms. The van der Waals surface area contributed by atoms with Crippen LogP contribution in [0.4, 0.5) is 5.69 Å². The number of nitrogens with zero attached hydrogens (tertiary/aromatic N) is 1. The fraction of sp³-hybridized carbons (Fsp3) is 0.500. The van der Waals surface area contributed by atoms with Gasteiger partial charge in [-0.1, -0.05) is 25.0 Å². The van der Waals surface area contributed by atoms with Crippen molar-refractivity contribution in [1.82, 2.24) is 4.90 Å². The smallest absolute Gasteiger partial charge is 0.226 e. The first-order chi connectivity index (χ1) is 8.15. The number of rotatable bonds is 5. The molecule has 0 radical (unpaired) electrons. The summed E-state index contributed by atoms with van der Waals surface area (Å²) in [6, 6.07) is 7.52. The monoisotopic (exact) mass is 232 g/mol. The molecule has 17 heavy (non-hydrogen) atoms. The van der Waals surface area contributed by atoms with Crippen LogP contribution < -0.4 is 5.73 Å². The van der Waals surface area contributed by atoms with Crippen LogP contribution in [0, 0.1) is 5.92 Å². The minimum absolute atomic E-state index is 0.190. The molecule has 0 spiro atoms. The van der Waals surface area contributed by atoms with Gasteiger partial charge in [0, 0.05) is 19.3 Å². The Morgan fingerprint density at radius 1 is 1.35 bits per heavy atom. The van der Waals surface area contributed by atoms with Gasteiger partial charge in [-0.25, -0.2) is 0 Å². The Hall–Kier alpha value is -1.51. The van der Waals surface area contributed by atoms with E-state index in [1.54, 1.807) is 0 Å². The van der Waals surface area contributed by atoms with Gasteiger partial charge in [-0.05, 0) is 30.0 Å². The highest BCUT2D eigenvalue weighted by molar-refractivity contribution is 5.78. The topological polar surface area (TPSA) is 46.3 Å². The van der Waals surface area contributed by atoms with Gasteiger partial charge in [0.1, 0.15) is 0 Å². The number of amides is 1. The lowest BCUT2D eigenvalue weighted by Crippen LogP contribution is -2.29. The van der Waals surface area contributed by atoms with Crippen molar-refractivity contribution < 1.29 is 4.79 Å². The molecule has 2 rings (SSSR count). The lowest BCUT2D eigenvalue weighted by atomic mass is 10.1. The van der Waals surface area contributed by atoms with E-state index >= 15 is 0 Å². The zero-order valence-corrected chi connectivity index (χ0v) is 10.4. The van der Waals surface area contributed by atoms with Crippen LogP contribution in [-0.2, 0) is 11.2 Å². The molecule has 1 aromatic rings. The number of nitrogen functional groups attached to an aromatic ring is 1. The van der Waals surface area contributed by atoms with Gasteiger partial charge < -0.3 is 10.6 Å². The highest BCUT2D eigenvalue weighted by Crippen LogP contribution is 2.32. The number of likely N-dealkylation sites (N-methyl/N-ethyl adjacent to an activating group) is 1. The van der Waals surface area contributed by atoms with Crippen molar-refractivity contribution in [1.29, 1.82) is 0 Å². The van der Waals surface area contributed by atoms with Crippen LogP contribution in [0.3, 0.4) is 0 Å². The third kappa shape index (κ3) is 3.77. The molecular weight excluding hydrogens is 212 g/mol. The Kier molecular flexibility index (Phi) is 3.67. The van der Waals surface area contributed by atoms with E-state index in [4.69, 9.17) is 5.73 Å². The molecule has 3 nitrogen and oxygen atoms in total. The summed E-state index contributed by atoms with van der Waals surface area (Å²) in [5.74, 6) is 1.07. The van der Waals surface area contributed by atoms with E-state index in [1.807, 2.05) is 36.2 Å². The van der Waals surface area contributed by atoms with Crippen LogP contribution in [0.5, 0.6) is 0 Å². The zero-order valence-electron chi connectivity index (χ0n) is 10.4. The summed E-state index contributed by atoms with van der Waals surface area (Å²) in [6.07, 6.45) is 4.32. The van der Waals surface area contributed by atoms with Crippen LogP contribution in [0.15, 0.2) is 24.3 Å². The molecule has 0 heterocycles. The summed E-state index contributed by atoms with van der Waals surface area (Å²) in [7, 11) is 1.89. The number of nitrogens with two attached hydrogens (primary N) is 1. The quantitative estimate of drug-likeness (QED) is 0.790. The van der Waals surface area contributed by atoms with Gasteiger partial charge in [0.2, 0.25) is 5.91 Å². The van der Waals surface area contributed by atoms with E-state index in [1.165, 1.54) is 12.8 Å². The molecule has 1 fully saturated rings. The Bertz CT molecular complexity index is 382. The van der Waals surface area contributed by atoms with E-state index in [-0.39, 0.29) is 5.91 Å². The third-order valence-electron chi connectivity index (χ3n) is 3.33. The maximum absolute atomic E-state index is 11.9. The minimum Gasteiger partial charge on any atom is -0.399 e. The first-order valence-corrected chi connectivity index (χ1v) is 6.23. The van der Waals surface area contributed by atoms with Gasteiger partial charge in [-0.2, -0.15) is 0 Å². The van der Waals surface area contributed by atoms with Crippen LogP contribution in [0.1, 0.15) is 24.8 Å². The average Bonchev–Trinajstić information content (AvgIpc) is 3.13. The van der Waals surface area contributed by atoms with Crippen molar-refractivity contribution in [3.63, 3.8) is 0 Å². The lowest BCUT2D eigenvalue weighted by Gasteiger charge is -2.17. The SMILES string of the molecule is CN(CCC1CC1)C(=O)Cc1ccc(N)cc1. The van der Waals surface area contributed by atoms with Crippen LogP contribution in [0.25, 0.3) is 0 Å². The highest BCUT2D eigenvalue weighted by atomic mass is 16.2. The standard InChI is InChI=1S/C14H20N2O/c1-16(9-8-11-2-3-11)14(17)10-12-4-6-13(15)7-5-12/h4-7,11H,2-3,8-10,15H2,1H3. The zero-order chi connectivity index (χ0) is 12.3. The molecule has 1 aromatic carbocycles. The summed E-state index contributed by atoms with van der Waals surface area (Å²) in [5, 5.41) is 0. The summed E-state index contributed by atoms with van der Waals surface area (Å²) in [4.78, 5) is 13.8. The lowest BCUT2D eigenvalue weighted by molar-refractivity contribution is -0.129. The summed E-state index contributed by atoms with van der Waals surface area (Å²) in [6.45, 7) is 0.887. The molecule has 1 aliphatic rings. The van der Waals surface area contributed by atoms with Gasteiger partial charge >= 0.3 is 0 Å². The summed E-state index contributed by atoms with van der Waals surface area (Å²) in [5.41, 5.74) is 7.38. The second kappa shape index (κ2) is 5.21. The number of hydrogen-bond acceptors (Lipinski definition) is 2. The van der Waals surface area contributed by atoms with Crippen LogP contribution in [-0.4, -0.2) is 24.4 Å². The van der Waals surface area contributed by atoms with Gasteiger partial charge in [-0.15, -0.1) is 0 Å². The van der Waals surface area contributed by atoms with Crippen molar-refractivity contribution in [2.24, 2.45) is 5.92 Å². The first-order valence-electron chi connectivity index (χ1n) is 6.23. The number of anilines is 1. The average molecular weight is 232 g/mol. The van der Waals surface area contributed by atoms with Gasteiger partial charge in [0.05, 0.1) is 6.42 Å². The number of hydrogen-bond donors (Lipinski definition) is 1. The fourth-order valence-corrected chi connectivity index (χ4v) is 1.85. The molecule has 0 aromatic heterocycles. The third-order valence-corrected chi connectivity index (χ3v) is 3.33. The number of carbonyl (C=O) groups excluding carboxylic acids is 1. The van der Waals surface area contributed by atoms with E-state index in [0.29, 0.717) is 6.42 Å². The minimum atomic E-state index is 0.190. The van der Waals surface area contributed by atoms with E-state index in [9.17, 15) is 4.79 Å². The summed E-state index contributed by atoms with van der Waals surface area (Å²) < 4.78 is 0. The van der Waals surface area contributed by atoms with Crippen molar-refractivity contribution in [3.05, 3.63) is 29.8 Å². The van der Waals surface area contributed by atoms with Crippen molar-refractivity contribution in [3.8, 4) is 0 Å². The largest absolute Gasteiger partial charge is 0.399 e. The Balaban J connectivity index is 1.80. The predicted molar refractivity (Wildman–Crippen MR) is 69.5 cm³/mol. The molecule has 0 bridgehead atoms. The molecule has 0 aliphatic heterocycles. The van der Waals surface area contributed by atoms with Crippen LogP contribution >= 0.6 is 0 Å². The predicted octanol–water partition coefficient (Wildman–Crippen LogP) is 2.07. The second-order valence-corrected chi connectivity index (χ2v) is 4.97. The molecule has 0 atom stereocenters. The second-order valence-electron chi connectivity index (χ2n) is 4.97. The van der Waals surface area contributed by atoms with Crippen molar-refractivity contribution in [2.75, 3.05) is 19.3 Å². The Labute approximate surface area is 103 Å². The maximum Gasteiger partial charge on any atom is 0.226 e. The molecule has 92 valence electrons. The van der Waals surface area contributed by atoms with E-state index < -0.39 is 0 Å². The molecule has 1 amide bonds. The maximum atomic E-state index is 11.9. The Morgan fingerprint density at radius 2 is 2.00 bits per heavy atom.